The Hall–Kier alpha value is -2.02. The van der Waals surface area contributed by atoms with Crippen LogP contribution in [-0.2, 0) is 0 Å². The van der Waals surface area contributed by atoms with Crippen molar-refractivity contribution in [2.24, 2.45) is 0 Å². The predicted molar refractivity (Wildman–Crippen MR) is 45.7 cm³/mol. The van der Waals surface area contributed by atoms with Crippen molar-refractivity contribution in [1.82, 2.24) is 10.2 Å². The van der Waals surface area contributed by atoms with Gasteiger partial charge in [-0.2, -0.15) is 10.4 Å². The zero-order valence-electron chi connectivity index (χ0n) is 7.03. The number of furan rings is 1. The molecule has 0 aliphatic rings. The van der Waals surface area contributed by atoms with Crippen LogP contribution in [0, 0.1) is 18.3 Å². The molecule has 0 saturated heterocycles. The highest BCUT2D eigenvalue weighted by molar-refractivity contribution is 5.62. The molecule has 0 fully saturated rings. The first kappa shape index (κ1) is 7.62. The number of aryl methyl sites for hydroxylation is 1. The fourth-order valence-corrected chi connectivity index (χ4v) is 1.16. The van der Waals surface area contributed by atoms with E-state index in [4.69, 9.17) is 9.68 Å². The molecule has 0 radical (unpaired) electrons. The predicted octanol–water partition coefficient (Wildman–Crippen LogP) is 1.85. The summed E-state index contributed by atoms with van der Waals surface area (Å²) in [5, 5.41) is 15.6. The van der Waals surface area contributed by atoms with Gasteiger partial charge in [-0.1, -0.05) is 0 Å². The van der Waals surface area contributed by atoms with Gasteiger partial charge in [0.1, 0.15) is 17.3 Å². The lowest BCUT2D eigenvalue weighted by Crippen LogP contribution is -1.79. The van der Waals surface area contributed by atoms with Gasteiger partial charge in [0.15, 0.2) is 5.76 Å². The Bertz CT molecular complexity index is 448. The van der Waals surface area contributed by atoms with E-state index in [2.05, 4.69) is 16.3 Å². The summed E-state index contributed by atoms with van der Waals surface area (Å²) in [4.78, 5) is 0. The number of rotatable bonds is 1. The molecule has 0 aromatic carbocycles. The minimum atomic E-state index is 0.537. The van der Waals surface area contributed by atoms with Crippen LogP contribution >= 0.6 is 0 Å². The number of nitriles is 1. The third-order valence-corrected chi connectivity index (χ3v) is 1.81. The number of aromatic nitrogens is 2. The zero-order valence-corrected chi connectivity index (χ0v) is 7.03. The molecule has 0 spiro atoms. The molecule has 2 heterocycles. The van der Waals surface area contributed by atoms with E-state index in [0.717, 1.165) is 5.69 Å². The third-order valence-electron chi connectivity index (χ3n) is 1.81. The minimum Gasteiger partial charge on any atom is -0.463 e. The molecule has 0 amide bonds. The fraction of sp³-hybridized carbons (Fsp3) is 0.111. The van der Waals surface area contributed by atoms with Crippen molar-refractivity contribution in [3.63, 3.8) is 0 Å². The summed E-state index contributed by atoms with van der Waals surface area (Å²) in [6.07, 6.45) is 1.56. The van der Waals surface area contributed by atoms with Crippen LogP contribution < -0.4 is 0 Å². The Balaban J connectivity index is 2.60. The van der Waals surface area contributed by atoms with Crippen LogP contribution in [-0.4, -0.2) is 10.2 Å². The minimum absolute atomic E-state index is 0.537. The van der Waals surface area contributed by atoms with E-state index >= 15 is 0 Å². The summed E-state index contributed by atoms with van der Waals surface area (Å²) in [6.45, 7) is 1.80. The smallest absolute Gasteiger partial charge is 0.155 e. The maximum atomic E-state index is 8.84. The number of nitrogens with one attached hydrogen (secondary N) is 1. The quantitative estimate of drug-likeness (QED) is 0.715. The van der Waals surface area contributed by atoms with Crippen LogP contribution in [0.4, 0.5) is 0 Å². The van der Waals surface area contributed by atoms with Crippen molar-refractivity contribution in [2.45, 2.75) is 6.92 Å². The van der Waals surface area contributed by atoms with Crippen LogP contribution in [0.2, 0.25) is 0 Å². The topological polar surface area (TPSA) is 65.6 Å². The van der Waals surface area contributed by atoms with Gasteiger partial charge in [-0.25, -0.2) is 0 Å². The lowest BCUT2D eigenvalue weighted by atomic mass is 10.2. The number of hydrogen-bond donors (Lipinski definition) is 1. The van der Waals surface area contributed by atoms with E-state index in [9.17, 15) is 0 Å². The van der Waals surface area contributed by atoms with E-state index in [0.29, 0.717) is 17.0 Å². The number of H-pyrrole nitrogens is 1. The first-order chi connectivity index (χ1) is 6.33. The molecule has 2 aromatic heterocycles. The highest BCUT2D eigenvalue weighted by atomic mass is 16.3. The Labute approximate surface area is 74.8 Å². The van der Waals surface area contributed by atoms with E-state index in [-0.39, 0.29) is 0 Å². The van der Waals surface area contributed by atoms with Gasteiger partial charge in [0, 0.05) is 0 Å². The van der Waals surface area contributed by atoms with Crippen molar-refractivity contribution in [2.75, 3.05) is 0 Å². The van der Waals surface area contributed by atoms with Crippen molar-refractivity contribution < 1.29 is 4.42 Å². The average molecular weight is 173 g/mol. The summed E-state index contributed by atoms with van der Waals surface area (Å²) in [6, 6.07) is 5.62. The molecule has 1 N–H and O–H groups in total. The Morgan fingerprint density at radius 2 is 2.46 bits per heavy atom. The molecular formula is C9H7N3O. The highest BCUT2D eigenvalue weighted by Gasteiger charge is 2.13. The van der Waals surface area contributed by atoms with Gasteiger partial charge in [-0.15, -0.1) is 0 Å². The van der Waals surface area contributed by atoms with Gasteiger partial charge in [0.2, 0.25) is 0 Å². The van der Waals surface area contributed by atoms with E-state index in [1.54, 1.807) is 25.3 Å². The normalized spacial score (nSPS) is 9.85. The number of aromatic amines is 1. The highest BCUT2D eigenvalue weighted by Crippen LogP contribution is 2.22. The largest absolute Gasteiger partial charge is 0.463 e. The van der Waals surface area contributed by atoms with Gasteiger partial charge in [0.05, 0.1) is 12.0 Å². The lowest BCUT2D eigenvalue weighted by Gasteiger charge is -1.88. The van der Waals surface area contributed by atoms with Crippen molar-refractivity contribution in [3.05, 3.63) is 29.7 Å². The van der Waals surface area contributed by atoms with Gasteiger partial charge in [-0.05, 0) is 19.1 Å². The average Bonchev–Trinajstić information content (AvgIpc) is 2.71. The molecule has 4 nitrogen and oxygen atoms in total. The maximum Gasteiger partial charge on any atom is 0.155 e. The van der Waals surface area contributed by atoms with Gasteiger partial charge in [0.25, 0.3) is 0 Å². The Morgan fingerprint density at radius 3 is 3.08 bits per heavy atom. The van der Waals surface area contributed by atoms with Crippen LogP contribution in [0.25, 0.3) is 11.5 Å². The van der Waals surface area contributed by atoms with Gasteiger partial charge in [-0.3, -0.25) is 5.10 Å². The summed E-state index contributed by atoms with van der Waals surface area (Å²) in [7, 11) is 0. The lowest BCUT2D eigenvalue weighted by molar-refractivity contribution is 0.579. The summed E-state index contributed by atoms with van der Waals surface area (Å²) in [5.41, 5.74) is 1.87. The van der Waals surface area contributed by atoms with Crippen molar-refractivity contribution in [1.29, 1.82) is 5.26 Å². The standard InChI is InChI=1S/C9H7N3O/c1-6-7(5-10)9(12-11-6)8-3-2-4-13-8/h2-4H,1H3,(H,11,12). The van der Waals surface area contributed by atoms with Crippen LogP contribution in [0.5, 0.6) is 0 Å². The monoisotopic (exact) mass is 173 g/mol. The molecule has 13 heavy (non-hydrogen) atoms. The zero-order chi connectivity index (χ0) is 9.26. The molecule has 2 rings (SSSR count). The first-order valence-corrected chi connectivity index (χ1v) is 3.82. The molecule has 0 bridgehead atoms. The Morgan fingerprint density at radius 1 is 1.62 bits per heavy atom. The van der Waals surface area contributed by atoms with Crippen LogP contribution in [0.15, 0.2) is 22.8 Å². The molecule has 4 heteroatoms. The van der Waals surface area contributed by atoms with E-state index < -0.39 is 0 Å². The number of hydrogen-bond acceptors (Lipinski definition) is 3. The van der Waals surface area contributed by atoms with Gasteiger partial charge < -0.3 is 4.42 Å². The molecule has 2 aromatic rings. The summed E-state index contributed by atoms with van der Waals surface area (Å²) < 4.78 is 5.14. The van der Waals surface area contributed by atoms with Crippen molar-refractivity contribution in [3.8, 4) is 17.5 Å². The molecule has 0 aliphatic heterocycles. The molecular weight excluding hydrogens is 166 g/mol. The van der Waals surface area contributed by atoms with Crippen LogP contribution in [0.1, 0.15) is 11.3 Å². The fourth-order valence-electron chi connectivity index (χ4n) is 1.16. The van der Waals surface area contributed by atoms with E-state index in [1.165, 1.54) is 0 Å². The molecule has 0 saturated carbocycles. The van der Waals surface area contributed by atoms with Gasteiger partial charge >= 0.3 is 0 Å². The molecule has 64 valence electrons. The van der Waals surface area contributed by atoms with E-state index in [1.807, 2.05) is 0 Å². The van der Waals surface area contributed by atoms with Crippen molar-refractivity contribution >= 4 is 0 Å². The van der Waals surface area contributed by atoms with Crippen LogP contribution in [0.3, 0.4) is 0 Å². The number of nitrogens with zero attached hydrogens (tertiary/aromatic N) is 2. The molecule has 0 aliphatic carbocycles. The first-order valence-electron chi connectivity index (χ1n) is 3.82. The second kappa shape index (κ2) is 2.79. The third kappa shape index (κ3) is 1.11. The SMILES string of the molecule is Cc1[nH]nc(-c2ccco2)c1C#N. The second-order valence-corrected chi connectivity index (χ2v) is 2.66. The molecule has 0 unspecified atom stereocenters. The maximum absolute atomic E-state index is 8.84. The Kier molecular flexibility index (Phi) is 1.64. The summed E-state index contributed by atoms with van der Waals surface area (Å²) in [5.74, 6) is 0.612. The summed E-state index contributed by atoms with van der Waals surface area (Å²) >= 11 is 0. The second-order valence-electron chi connectivity index (χ2n) is 2.66. The molecule has 0 atom stereocenters.